The number of ether oxygens (including phenoxy) is 1. The number of aliphatic imine (C=N–C) groups is 1. The predicted molar refractivity (Wildman–Crippen MR) is 116 cm³/mol. The average Bonchev–Trinajstić information content (AvgIpc) is 2.54. The van der Waals surface area contributed by atoms with E-state index in [-0.39, 0.29) is 30.1 Å². The van der Waals surface area contributed by atoms with Crippen molar-refractivity contribution in [1.82, 2.24) is 5.32 Å². The fourth-order valence-corrected chi connectivity index (χ4v) is 2.36. The van der Waals surface area contributed by atoms with Crippen LogP contribution in [-0.4, -0.2) is 18.6 Å². The molecule has 3 N–H and O–H groups in total. The van der Waals surface area contributed by atoms with E-state index in [0.29, 0.717) is 12.5 Å². The van der Waals surface area contributed by atoms with Gasteiger partial charge >= 0.3 is 0 Å². The van der Waals surface area contributed by atoms with Crippen molar-refractivity contribution in [2.45, 2.75) is 39.8 Å². The van der Waals surface area contributed by atoms with E-state index in [1.54, 1.807) is 0 Å². The number of nitrogens with zero attached hydrogens (tertiary/aromatic N) is 1. The summed E-state index contributed by atoms with van der Waals surface area (Å²) in [6.45, 7) is 7.37. The van der Waals surface area contributed by atoms with Crippen LogP contribution in [0.4, 0.5) is 0 Å². The Morgan fingerprint density at radius 2 is 1.88 bits per heavy atom. The lowest BCUT2D eigenvalue weighted by atomic mass is 10.1. The van der Waals surface area contributed by atoms with E-state index in [9.17, 15) is 0 Å². The fraction of sp³-hybridized carbons (Fsp3) is 0.350. The summed E-state index contributed by atoms with van der Waals surface area (Å²) in [5.41, 5.74) is 9.46. The van der Waals surface area contributed by atoms with E-state index in [4.69, 9.17) is 10.5 Å². The van der Waals surface area contributed by atoms with Gasteiger partial charge in [-0.25, -0.2) is 4.99 Å². The van der Waals surface area contributed by atoms with Crippen molar-refractivity contribution < 1.29 is 4.74 Å². The van der Waals surface area contributed by atoms with Crippen LogP contribution in [-0.2, 0) is 13.0 Å². The highest BCUT2D eigenvalue weighted by Gasteiger charge is 2.06. The molecule has 0 saturated heterocycles. The molecule has 2 aromatic rings. The van der Waals surface area contributed by atoms with Crippen LogP contribution < -0.4 is 15.8 Å². The molecule has 0 aromatic heterocycles. The van der Waals surface area contributed by atoms with Crippen LogP contribution in [0.3, 0.4) is 0 Å². The number of benzene rings is 2. The second-order valence-corrected chi connectivity index (χ2v) is 6.14. The molecule has 0 spiro atoms. The van der Waals surface area contributed by atoms with Crippen LogP contribution >= 0.6 is 24.0 Å². The molecule has 2 aromatic carbocycles. The Morgan fingerprint density at radius 1 is 1.16 bits per heavy atom. The number of aryl methyl sites for hydroxylation is 1. The quantitative estimate of drug-likeness (QED) is 0.378. The summed E-state index contributed by atoms with van der Waals surface area (Å²) < 4.78 is 5.87. The van der Waals surface area contributed by atoms with Crippen molar-refractivity contribution in [1.29, 1.82) is 0 Å². The second kappa shape index (κ2) is 11.0. The van der Waals surface area contributed by atoms with E-state index >= 15 is 0 Å². The first kappa shape index (κ1) is 21.3. The Morgan fingerprint density at radius 3 is 2.56 bits per heavy atom. The smallest absolute Gasteiger partial charge is 0.188 e. The zero-order valence-electron chi connectivity index (χ0n) is 15.2. The molecular formula is C20H28IN3O. The first-order chi connectivity index (χ1) is 11.5. The summed E-state index contributed by atoms with van der Waals surface area (Å²) in [5.74, 6) is 1.34. The van der Waals surface area contributed by atoms with Crippen molar-refractivity contribution in [3.8, 4) is 5.75 Å². The minimum Gasteiger partial charge on any atom is -0.491 e. The molecule has 136 valence electrons. The summed E-state index contributed by atoms with van der Waals surface area (Å²) in [6.07, 6.45) is 1.06. The molecule has 0 heterocycles. The van der Waals surface area contributed by atoms with E-state index < -0.39 is 0 Å². The van der Waals surface area contributed by atoms with Crippen molar-refractivity contribution >= 4 is 29.9 Å². The van der Waals surface area contributed by atoms with Crippen LogP contribution in [0.5, 0.6) is 5.75 Å². The van der Waals surface area contributed by atoms with Crippen molar-refractivity contribution in [2.24, 2.45) is 10.7 Å². The van der Waals surface area contributed by atoms with Gasteiger partial charge in [-0.3, -0.25) is 0 Å². The lowest BCUT2D eigenvalue weighted by Gasteiger charge is -2.14. The molecule has 0 unspecified atom stereocenters. The van der Waals surface area contributed by atoms with E-state index in [1.165, 1.54) is 11.1 Å². The third-order valence-electron chi connectivity index (χ3n) is 3.57. The zero-order chi connectivity index (χ0) is 17.4. The lowest BCUT2D eigenvalue weighted by Crippen LogP contribution is -2.33. The van der Waals surface area contributed by atoms with Crippen LogP contribution in [0.25, 0.3) is 0 Å². The molecule has 0 atom stereocenters. The van der Waals surface area contributed by atoms with Crippen LogP contribution in [0, 0.1) is 6.92 Å². The molecule has 0 radical (unpaired) electrons. The monoisotopic (exact) mass is 453 g/mol. The first-order valence-corrected chi connectivity index (χ1v) is 8.38. The van der Waals surface area contributed by atoms with Gasteiger partial charge in [-0.2, -0.15) is 0 Å². The van der Waals surface area contributed by atoms with Gasteiger partial charge in [0.1, 0.15) is 5.75 Å². The number of rotatable bonds is 7. The zero-order valence-corrected chi connectivity index (χ0v) is 17.5. The molecule has 0 saturated carbocycles. The van der Waals surface area contributed by atoms with Crippen LogP contribution in [0.1, 0.15) is 30.5 Å². The number of hydrogen-bond donors (Lipinski definition) is 2. The molecule has 0 aliphatic rings. The third-order valence-corrected chi connectivity index (χ3v) is 3.57. The molecular weight excluding hydrogens is 425 g/mol. The Labute approximate surface area is 167 Å². The molecule has 0 amide bonds. The van der Waals surface area contributed by atoms with Crippen LogP contribution in [0.2, 0.25) is 0 Å². The molecule has 0 aliphatic carbocycles. The molecule has 2 rings (SSSR count). The Balaban J connectivity index is 0.00000312. The van der Waals surface area contributed by atoms with Gasteiger partial charge in [-0.15, -0.1) is 24.0 Å². The normalized spacial score (nSPS) is 11.1. The number of halogens is 1. The van der Waals surface area contributed by atoms with Crippen molar-refractivity contribution in [2.75, 3.05) is 6.54 Å². The van der Waals surface area contributed by atoms with Gasteiger partial charge < -0.3 is 15.8 Å². The van der Waals surface area contributed by atoms with Gasteiger partial charge in [0.15, 0.2) is 5.96 Å². The summed E-state index contributed by atoms with van der Waals surface area (Å²) in [6, 6.07) is 16.5. The molecule has 0 aliphatic heterocycles. The summed E-state index contributed by atoms with van der Waals surface area (Å²) in [5, 5.41) is 3.16. The third kappa shape index (κ3) is 7.77. The minimum absolute atomic E-state index is 0. The summed E-state index contributed by atoms with van der Waals surface area (Å²) in [7, 11) is 0. The molecule has 25 heavy (non-hydrogen) atoms. The Hall–Kier alpha value is -1.76. The highest BCUT2D eigenvalue weighted by molar-refractivity contribution is 14.0. The molecule has 5 heteroatoms. The fourth-order valence-electron chi connectivity index (χ4n) is 2.36. The largest absolute Gasteiger partial charge is 0.491 e. The topological polar surface area (TPSA) is 59.6 Å². The minimum atomic E-state index is 0. The molecule has 0 fully saturated rings. The van der Waals surface area contributed by atoms with Crippen LogP contribution in [0.15, 0.2) is 53.5 Å². The Bertz CT molecular complexity index is 672. The molecule has 0 bridgehead atoms. The average molecular weight is 453 g/mol. The SMILES string of the molecule is Cc1ccc(CN=C(N)NCCc2ccccc2)c(OC(C)C)c1.I. The van der Waals surface area contributed by atoms with Gasteiger partial charge in [-0.05, 0) is 44.4 Å². The van der Waals surface area contributed by atoms with Gasteiger partial charge in [-0.1, -0.05) is 42.5 Å². The molecule has 4 nitrogen and oxygen atoms in total. The standard InChI is InChI=1S/C20H27N3O.HI/c1-15(2)24-19-13-16(3)9-10-18(19)14-23-20(21)22-12-11-17-7-5-4-6-8-17;/h4-10,13,15H,11-12,14H2,1-3H3,(H3,21,22,23);1H. The highest BCUT2D eigenvalue weighted by atomic mass is 127. The van der Waals surface area contributed by atoms with Gasteiger partial charge in [0.25, 0.3) is 0 Å². The van der Waals surface area contributed by atoms with Crippen molar-refractivity contribution in [3.63, 3.8) is 0 Å². The maximum Gasteiger partial charge on any atom is 0.188 e. The van der Waals surface area contributed by atoms with Gasteiger partial charge in [0.2, 0.25) is 0 Å². The van der Waals surface area contributed by atoms with E-state index in [1.807, 2.05) is 44.2 Å². The number of nitrogens with one attached hydrogen (secondary N) is 1. The number of guanidine groups is 1. The summed E-state index contributed by atoms with van der Waals surface area (Å²) in [4.78, 5) is 4.43. The van der Waals surface area contributed by atoms with E-state index in [2.05, 4.69) is 35.4 Å². The maximum absolute atomic E-state index is 5.96. The van der Waals surface area contributed by atoms with E-state index in [0.717, 1.165) is 24.3 Å². The predicted octanol–water partition coefficient (Wildman–Crippen LogP) is 4.05. The number of hydrogen-bond acceptors (Lipinski definition) is 2. The number of nitrogens with two attached hydrogens (primary N) is 1. The summed E-state index contributed by atoms with van der Waals surface area (Å²) >= 11 is 0. The highest BCUT2D eigenvalue weighted by Crippen LogP contribution is 2.22. The van der Waals surface area contributed by atoms with Gasteiger partial charge in [0, 0.05) is 12.1 Å². The lowest BCUT2D eigenvalue weighted by molar-refractivity contribution is 0.240. The van der Waals surface area contributed by atoms with Crippen molar-refractivity contribution in [3.05, 3.63) is 65.2 Å². The maximum atomic E-state index is 5.96. The Kier molecular flexibility index (Phi) is 9.34. The second-order valence-electron chi connectivity index (χ2n) is 6.14. The first-order valence-electron chi connectivity index (χ1n) is 8.38. The van der Waals surface area contributed by atoms with Gasteiger partial charge in [0.05, 0.1) is 12.6 Å².